The van der Waals surface area contributed by atoms with Crippen LogP contribution in [0.1, 0.15) is 5.56 Å². The highest BCUT2D eigenvalue weighted by Crippen LogP contribution is 2.26. The first-order valence-electron chi connectivity index (χ1n) is 3.69. The molecular weight excluding hydrogens is 151 g/mol. The Kier molecular flexibility index (Phi) is 3.32. The monoisotopic (exact) mass is 164 g/mol. The molecule has 0 amide bonds. The first-order valence-corrected chi connectivity index (χ1v) is 5.99. The molecule has 0 bridgehead atoms. The molecule has 0 unspecified atom stereocenters. The average Bonchev–Trinajstić information content (AvgIpc) is 2.03. The van der Waals surface area contributed by atoms with Crippen molar-refractivity contribution >= 4 is 14.0 Å². The summed E-state index contributed by atoms with van der Waals surface area (Å²) in [7, 11) is 0.0953. The zero-order valence-electron chi connectivity index (χ0n) is 6.99. The van der Waals surface area contributed by atoms with Crippen LogP contribution in [0.5, 0.6) is 0 Å². The van der Waals surface area contributed by atoms with Crippen molar-refractivity contribution in [2.24, 2.45) is 0 Å². The second-order valence-corrected chi connectivity index (χ2v) is 4.92. The maximum Gasteiger partial charge on any atom is -0.0256 e. The molecule has 0 aliphatic rings. The highest BCUT2D eigenvalue weighted by Gasteiger charge is 1.84. The number of rotatable bonds is 2. The summed E-state index contributed by atoms with van der Waals surface area (Å²) in [4.78, 5) is 0. The normalized spacial score (nSPS) is 11.2. The minimum Gasteiger partial charge on any atom is -0.0896 e. The molecule has 0 radical (unpaired) electrons. The van der Waals surface area contributed by atoms with Crippen molar-refractivity contribution in [3.05, 3.63) is 41.7 Å². The summed E-state index contributed by atoms with van der Waals surface area (Å²) in [5.74, 6) is 2.27. The fourth-order valence-corrected chi connectivity index (χ4v) is 1.27. The van der Waals surface area contributed by atoms with E-state index in [4.69, 9.17) is 0 Å². The third-order valence-corrected chi connectivity index (χ3v) is 2.11. The Hall–Kier alpha value is -0.610. The molecule has 58 valence electrons. The first-order chi connectivity index (χ1) is 5.29. The van der Waals surface area contributed by atoms with Gasteiger partial charge in [-0.2, -0.15) is 0 Å². The second-order valence-electron chi connectivity index (χ2n) is 2.69. The van der Waals surface area contributed by atoms with Gasteiger partial charge in [0.2, 0.25) is 0 Å². The van der Waals surface area contributed by atoms with Gasteiger partial charge in [-0.15, -0.1) is 0 Å². The van der Waals surface area contributed by atoms with Crippen molar-refractivity contribution in [1.82, 2.24) is 0 Å². The van der Waals surface area contributed by atoms with Gasteiger partial charge in [-0.05, 0) is 18.9 Å². The van der Waals surface area contributed by atoms with E-state index in [2.05, 4.69) is 49.5 Å². The van der Waals surface area contributed by atoms with E-state index in [-0.39, 0.29) is 7.92 Å². The number of benzene rings is 1. The van der Waals surface area contributed by atoms with Crippen molar-refractivity contribution in [2.45, 2.75) is 0 Å². The fourth-order valence-electron chi connectivity index (χ4n) is 0.799. The summed E-state index contributed by atoms with van der Waals surface area (Å²) in [6, 6.07) is 10.4. The summed E-state index contributed by atoms with van der Waals surface area (Å²) >= 11 is 0. The standard InChI is InChI=1S/C10H13P/c1-11(2)9-8-10-6-4-3-5-7-10/h3-9H,1-2H3. The van der Waals surface area contributed by atoms with Gasteiger partial charge in [0.25, 0.3) is 0 Å². The predicted octanol–water partition coefficient (Wildman–Crippen LogP) is 3.40. The Balaban J connectivity index is 2.65. The van der Waals surface area contributed by atoms with E-state index in [1.165, 1.54) is 5.56 Å². The van der Waals surface area contributed by atoms with E-state index < -0.39 is 0 Å². The second kappa shape index (κ2) is 4.31. The van der Waals surface area contributed by atoms with Gasteiger partial charge < -0.3 is 0 Å². The molecule has 1 aromatic carbocycles. The molecule has 0 fully saturated rings. The number of hydrogen-bond acceptors (Lipinski definition) is 0. The van der Waals surface area contributed by atoms with Gasteiger partial charge >= 0.3 is 0 Å². The van der Waals surface area contributed by atoms with E-state index in [9.17, 15) is 0 Å². The third-order valence-electron chi connectivity index (χ3n) is 1.36. The van der Waals surface area contributed by atoms with Crippen LogP contribution in [0.2, 0.25) is 0 Å². The van der Waals surface area contributed by atoms with Crippen molar-refractivity contribution in [2.75, 3.05) is 13.3 Å². The van der Waals surface area contributed by atoms with Crippen LogP contribution < -0.4 is 0 Å². The minimum atomic E-state index is 0.0953. The van der Waals surface area contributed by atoms with E-state index in [0.29, 0.717) is 0 Å². The lowest BCUT2D eigenvalue weighted by Gasteiger charge is -1.94. The van der Waals surface area contributed by atoms with Gasteiger partial charge in [0.15, 0.2) is 0 Å². The maximum atomic E-state index is 2.27. The number of hydrogen-bond donors (Lipinski definition) is 0. The first kappa shape index (κ1) is 8.49. The van der Waals surface area contributed by atoms with Crippen LogP contribution in [0.3, 0.4) is 0 Å². The van der Waals surface area contributed by atoms with Gasteiger partial charge in [-0.3, -0.25) is 0 Å². The third kappa shape index (κ3) is 3.34. The lowest BCUT2D eigenvalue weighted by atomic mass is 10.2. The molecule has 0 N–H and O–H groups in total. The van der Waals surface area contributed by atoms with Crippen LogP contribution >= 0.6 is 7.92 Å². The zero-order valence-corrected chi connectivity index (χ0v) is 7.88. The Morgan fingerprint density at radius 2 is 1.73 bits per heavy atom. The molecule has 1 heteroatoms. The molecule has 0 saturated heterocycles. The molecule has 0 saturated carbocycles. The van der Waals surface area contributed by atoms with Crippen molar-refractivity contribution in [1.29, 1.82) is 0 Å². The van der Waals surface area contributed by atoms with E-state index in [1.807, 2.05) is 6.07 Å². The smallest absolute Gasteiger partial charge is 0.0256 e. The van der Waals surface area contributed by atoms with Gasteiger partial charge in [-0.25, -0.2) is 0 Å². The summed E-state index contributed by atoms with van der Waals surface area (Å²) < 4.78 is 0. The van der Waals surface area contributed by atoms with Crippen LogP contribution in [0.4, 0.5) is 0 Å². The van der Waals surface area contributed by atoms with Crippen molar-refractivity contribution < 1.29 is 0 Å². The molecule has 1 rings (SSSR count). The van der Waals surface area contributed by atoms with Gasteiger partial charge in [0, 0.05) is 0 Å². The quantitative estimate of drug-likeness (QED) is 0.587. The molecule has 0 aromatic heterocycles. The highest BCUT2D eigenvalue weighted by atomic mass is 31.1. The lowest BCUT2D eigenvalue weighted by molar-refractivity contribution is 1.66. The fraction of sp³-hybridized carbons (Fsp3) is 0.200. The zero-order chi connectivity index (χ0) is 8.10. The molecule has 0 nitrogen and oxygen atoms in total. The molecule has 11 heavy (non-hydrogen) atoms. The minimum absolute atomic E-state index is 0.0953. The van der Waals surface area contributed by atoms with Crippen LogP contribution in [-0.2, 0) is 0 Å². The molecular formula is C10H13P. The van der Waals surface area contributed by atoms with Crippen molar-refractivity contribution in [3.63, 3.8) is 0 Å². The van der Waals surface area contributed by atoms with Crippen LogP contribution in [-0.4, -0.2) is 13.3 Å². The lowest BCUT2D eigenvalue weighted by Crippen LogP contribution is -1.67. The molecule has 0 aliphatic carbocycles. The average molecular weight is 164 g/mol. The topological polar surface area (TPSA) is 0 Å². The SMILES string of the molecule is CP(C)C=Cc1ccccc1. The highest BCUT2D eigenvalue weighted by molar-refractivity contribution is 7.59. The Labute approximate surface area is 69.7 Å². The van der Waals surface area contributed by atoms with Gasteiger partial charge in [0.1, 0.15) is 0 Å². The predicted molar refractivity (Wildman–Crippen MR) is 54.2 cm³/mol. The van der Waals surface area contributed by atoms with Gasteiger partial charge in [-0.1, -0.05) is 50.1 Å². The molecule has 0 heterocycles. The summed E-state index contributed by atoms with van der Waals surface area (Å²) in [6.45, 7) is 4.49. The summed E-state index contributed by atoms with van der Waals surface area (Å²) in [5.41, 5.74) is 1.30. The molecule has 0 spiro atoms. The Morgan fingerprint density at radius 3 is 2.27 bits per heavy atom. The molecule has 1 aromatic rings. The van der Waals surface area contributed by atoms with Crippen LogP contribution in [0.25, 0.3) is 6.08 Å². The van der Waals surface area contributed by atoms with Crippen LogP contribution in [0.15, 0.2) is 36.1 Å². The van der Waals surface area contributed by atoms with Gasteiger partial charge in [0.05, 0.1) is 0 Å². The Bertz CT molecular complexity index is 224. The van der Waals surface area contributed by atoms with E-state index in [1.54, 1.807) is 0 Å². The molecule has 0 atom stereocenters. The Morgan fingerprint density at radius 1 is 1.09 bits per heavy atom. The van der Waals surface area contributed by atoms with E-state index >= 15 is 0 Å². The van der Waals surface area contributed by atoms with E-state index in [0.717, 1.165) is 0 Å². The largest absolute Gasteiger partial charge is 0.0896 e. The maximum absolute atomic E-state index is 2.27. The summed E-state index contributed by atoms with van der Waals surface area (Å²) in [5, 5.41) is 0. The summed E-state index contributed by atoms with van der Waals surface area (Å²) in [6.07, 6.45) is 2.19. The van der Waals surface area contributed by atoms with Crippen LogP contribution in [0, 0.1) is 0 Å². The molecule has 0 aliphatic heterocycles. The van der Waals surface area contributed by atoms with Crippen molar-refractivity contribution in [3.8, 4) is 0 Å².